The van der Waals surface area contributed by atoms with Gasteiger partial charge in [0.15, 0.2) is 0 Å². The first-order valence-electron chi connectivity index (χ1n) is 5.48. The first-order chi connectivity index (χ1) is 7.77. The lowest BCUT2D eigenvalue weighted by Crippen LogP contribution is -2.49. The fourth-order valence-corrected chi connectivity index (χ4v) is 1.90. The van der Waals surface area contributed by atoms with Crippen LogP contribution in [0.4, 0.5) is 4.79 Å². The lowest BCUT2D eigenvalue weighted by Gasteiger charge is -2.35. The summed E-state index contributed by atoms with van der Waals surface area (Å²) in [7, 11) is 0. The normalized spacial score (nSPS) is 28.9. The summed E-state index contributed by atoms with van der Waals surface area (Å²) in [6.45, 7) is 0.659. The number of carbonyl (C=O) groups is 1. The van der Waals surface area contributed by atoms with Crippen molar-refractivity contribution in [1.29, 1.82) is 0 Å². The summed E-state index contributed by atoms with van der Waals surface area (Å²) < 4.78 is 10.9. The molecule has 5 heteroatoms. The molecule has 2 unspecified atom stereocenters. The molecule has 0 saturated carbocycles. The number of primary amides is 1. The zero-order chi connectivity index (χ0) is 11.4. The van der Waals surface area contributed by atoms with Crippen molar-refractivity contribution in [3.05, 3.63) is 24.5 Å². The summed E-state index contributed by atoms with van der Waals surface area (Å²) in [6, 6.07) is -0.431. The molecule has 1 fully saturated rings. The van der Waals surface area contributed by atoms with Crippen LogP contribution in [0.2, 0.25) is 0 Å². The van der Waals surface area contributed by atoms with Gasteiger partial charge in [-0.15, -0.1) is 0 Å². The first-order valence-corrected chi connectivity index (χ1v) is 5.48. The third-order valence-electron chi connectivity index (χ3n) is 2.69. The summed E-state index contributed by atoms with van der Waals surface area (Å²) >= 11 is 0. The molecule has 2 aliphatic rings. The maximum atomic E-state index is 11.2. The predicted molar refractivity (Wildman–Crippen MR) is 58.2 cm³/mol. The molecule has 2 atom stereocenters. The fraction of sp³-hybridized carbons (Fsp3) is 0.545. The Morgan fingerprint density at radius 3 is 3.00 bits per heavy atom. The molecule has 2 amide bonds. The number of ether oxygens (including phenoxy) is 2. The molecule has 2 rings (SSSR count). The lowest BCUT2D eigenvalue weighted by molar-refractivity contribution is -0.160. The standard InChI is InChI=1S/C11H16N2O3/c12-11(14)13-7-3-1-5-9(13)16-10-6-2-4-8-15-10/h2,4,6,8-10H,1,3,5,7H2,(H2,12,14). The van der Waals surface area contributed by atoms with E-state index in [2.05, 4.69) is 0 Å². The van der Waals surface area contributed by atoms with Crippen molar-refractivity contribution in [1.82, 2.24) is 4.90 Å². The SMILES string of the molecule is NC(=O)N1CCCCC1OC1C=CC=CO1. The minimum atomic E-state index is -0.431. The second kappa shape index (κ2) is 5.03. The van der Waals surface area contributed by atoms with Crippen LogP contribution < -0.4 is 5.73 Å². The van der Waals surface area contributed by atoms with Crippen LogP contribution in [0, 0.1) is 0 Å². The summed E-state index contributed by atoms with van der Waals surface area (Å²) in [5.41, 5.74) is 5.30. The van der Waals surface area contributed by atoms with E-state index in [0.29, 0.717) is 6.54 Å². The third-order valence-corrected chi connectivity index (χ3v) is 2.69. The molecule has 0 aromatic carbocycles. The molecule has 0 aromatic rings. The highest BCUT2D eigenvalue weighted by atomic mass is 16.7. The number of hydrogen-bond donors (Lipinski definition) is 1. The van der Waals surface area contributed by atoms with Gasteiger partial charge < -0.3 is 15.2 Å². The number of nitrogens with zero attached hydrogens (tertiary/aromatic N) is 1. The number of likely N-dealkylation sites (tertiary alicyclic amines) is 1. The van der Waals surface area contributed by atoms with E-state index in [0.717, 1.165) is 19.3 Å². The van der Waals surface area contributed by atoms with Crippen LogP contribution in [-0.4, -0.2) is 30.0 Å². The van der Waals surface area contributed by atoms with Gasteiger partial charge in [0.1, 0.15) is 6.23 Å². The van der Waals surface area contributed by atoms with Gasteiger partial charge in [0.2, 0.25) is 6.29 Å². The van der Waals surface area contributed by atoms with E-state index in [9.17, 15) is 4.79 Å². The molecule has 1 saturated heterocycles. The van der Waals surface area contributed by atoms with Gasteiger partial charge in [0.25, 0.3) is 0 Å². The highest BCUT2D eigenvalue weighted by molar-refractivity contribution is 5.72. The number of amides is 2. The van der Waals surface area contributed by atoms with Crippen LogP contribution in [0.1, 0.15) is 19.3 Å². The third kappa shape index (κ3) is 2.55. The molecular formula is C11H16N2O3. The fourth-order valence-electron chi connectivity index (χ4n) is 1.90. The molecule has 2 N–H and O–H groups in total. The smallest absolute Gasteiger partial charge is 0.316 e. The van der Waals surface area contributed by atoms with Crippen molar-refractivity contribution in [2.24, 2.45) is 5.73 Å². The molecule has 0 radical (unpaired) electrons. The number of piperidine rings is 1. The van der Waals surface area contributed by atoms with E-state index < -0.39 is 12.3 Å². The first kappa shape index (κ1) is 11.0. The molecule has 0 bridgehead atoms. The minimum absolute atomic E-state index is 0.271. The van der Waals surface area contributed by atoms with Crippen LogP contribution in [0.3, 0.4) is 0 Å². The highest BCUT2D eigenvalue weighted by Crippen LogP contribution is 2.20. The van der Waals surface area contributed by atoms with Crippen molar-refractivity contribution < 1.29 is 14.3 Å². The van der Waals surface area contributed by atoms with Gasteiger partial charge in [-0.05, 0) is 31.4 Å². The van der Waals surface area contributed by atoms with Gasteiger partial charge >= 0.3 is 6.03 Å². The summed E-state index contributed by atoms with van der Waals surface area (Å²) in [4.78, 5) is 12.8. The summed E-state index contributed by atoms with van der Waals surface area (Å²) in [5, 5.41) is 0. The second-order valence-electron chi connectivity index (χ2n) is 3.84. The topological polar surface area (TPSA) is 64.8 Å². The van der Waals surface area contributed by atoms with Crippen LogP contribution >= 0.6 is 0 Å². The Kier molecular flexibility index (Phi) is 3.46. The molecular weight excluding hydrogens is 208 g/mol. The Morgan fingerprint density at radius 2 is 2.31 bits per heavy atom. The second-order valence-corrected chi connectivity index (χ2v) is 3.84. The predicted octanol–water partition coefficient (Wildman–Crippen LogP) is 1.32. The van der Waals surface area contributed by atoms with Crippen molar-refractivity contribution in [2.45, 2.75) is 31.8 Å². The molecule has 5 nitrogen and oxygen atoms in total. The van der Waals surface area contributed by atoms with E-state index >= 15 is 0 Å². The number of rotatable bonds is 2. The summed E-state index contributed by atoms with van der Waals surface area (Å²) in [6.07, 6.45) is 9.14. The molecule has 0 spiro atoms. The number of urea groups is 1. The molecule has 0 aromatic heterocycles. The van der Waals surface area contributed by atoms with Crippen LogP contribution in [0.25, 0.3) is 0 Å². The zero-order valence-corrected chi connectivity index (χ0v) is 9.04. The minimum Gasteiger partial charge on any atom is -0.469 e. The molecule has 0 aliphatic carbocycles. The van der Waals surface area contributed by atoms with E-state index in [1.165, 1.54) is 0 Å². The van der Waals surface area contributed by atoms with Gasteiger partial charge in [-0.25, -0.2) is 4.79 Å². The van der Waals surface area contributed by atoms with Gasteiger partial charge in [-0.2, -0.15) is 0 Å². The molecule has 2 heterocycles. The number of allylic oxidation sites excluding steroid dienone is 2. The Bertz CT molecular complexity index is 314. The van der Waals surface area contributed by atoms with Crippen LogP contribution in [-0.2, 0) is 9.47 Å². The van der Waals surface area contributed by atoms with Crippen molar-refractivity contribution in [3.63, 3.8) is 0 Å². The highest BCUT2D eigenvalue weighted by Gasteiger charge is 2.28. The van der Waals surface area contributed by atoms with Gasteiger partial charge in [0, 0.05) is 6.54 Å². The quantitative estimate of drug-likeness (QED) is 0.769. The van der Waals surface area contributed by atoms with E-state index in [1.54, 1.807) is 23.3 Å². The number of hydrogen-bond acceptors (Lipinski definition) is 3. The number of nitrogens with two attached hydrogens (primary N) is 1. The van der Waals surface area contributed by atoms with Crippen molar-refractivity contribution in [3.8, 4) is 0 Å². The van der Waals surface area contributed by atoms with E-state index in [4.69, 9.17) is 15.2 Å². The van der Waals surface area contributed by atoms with Crippen LogP contribution in [0.5, 0.6) is 0 Å². The average molecular weight is 224 g/mol. The average Bonchev–Trinajstić information content (AvgIpc) is 2.31. The van der Waals surface area contributed by atoms with E-state index in [-0.39, 0.29) is 6.23 Å². The Labute approximate surface area is 94.5 Å². The van der Waals surface area contributed by atoms with Gasteiger partial charge in [-0.3, -0.25) is 4.90 Å². The van der Waals surface area contributed by atoms with Crippen LogP contribution in [0.15, 0.2) is 24.5 Å². The Hall–Kier alpha value is -1.49. The molecule has 16 heavy (non-hydrogen) atoms. The largest absolute Gasteiger partial charge is 0.469 e. The van der Waals surface area contributed by atoms with Crippen molar-refractivity contribution in [2.75, 3.05) is 6.54 Å². The summed E-state index contributed by atoms with van der Waals surface area (Å²) in [5.74, 6) is 0. The zero-order valence-electron chi connectivity index (χ0n) is 9.04. The van der Waals surface area contributed by atoms with Gasteiger partial charge in [-0.1, -0.05) is 6.08 Å². The lowest BCUT2D eigenvalue weighted by atomic mass is 10.1. The van der Waals surface area contributed by atoms with Gasteiger partial charge in [0.05, 0.1) is 6.26 Å². The maximum absolute atomic E-state index is 11.2. The maximum Gasteiger partial charge on any atom is 0.316 e. The monoisotopic (exact) mass is 224 g/mol. The number of carbonyl (C=O) groups excluding carboxylic acids is 1. The Morgan fingerprint density at radius 1 is 1.44 bits per heavy atom. The molecule has 88 valence electrons. The Balaban J connectivity index is 1.93. The molecule has 2 aliphatic heterocycles. The van der Waals surface area contributed by atoms with Crippen molar-refractivity contribution >= 4 is 6.03 Å². The van der Waals surface area contributed by atoms with E-state index in [1.807, 2.05) is 6.08 Å².